The molecule has 0 spiro atoms. The second-order valence-electron chi connectivity index (χ2n) is 4.47. The molecule has 0 bridgehead atoms. The molecule has 96 valence electrons. The molecule has 0 amide bonds. The third kappa shape index (κ3) is 3.25. The van der Waals surface area contributed by atoms with Crippen LogP contribution in [-0.2, 0) is 12.6 Å². The highest BCUT2D eigenvalue weighted by atomic mass is 32.1. The lowest BCUT2D eigenvalue weighted by molar-refractivity contribution is -0.461. The summed E-state index contributed by atoms with van der Waals surface area (Å²) in [4.78, 5) is 0. The zero-order chi connectivity index (χ0) is 13.8. The van der Waals surface area contributed by atoms with Crippen LogP contribution in [0, 0.1) is 0 Å². The predicted molar refractivity (Wildman–Crippen MR) is 88.1 cm³/mol. The van der Waals surface area contributed by atoms with Gasteiger partial charge in [-0.3, -0.25) is 0 Å². The maximum Gasteiger partial charge on any atom is 0.194 e. The van der Waals surface area contributed by atoms with E-state index in [0.717, 1.165) is 11.3 Å². The topological polar surface area (TPSA) is 3.01 Å². The van der Waals surface area contributed by atoms with Gasteiger partial charge in [-0.25, -0.2) is 4.58 Å². The molecule has 0 heterocycles. The van der Waals surface area contributed by atoms with Crippen LogP contribution in [0.1, 0.15) is 5.56 Å². The van der Waals surface area contributed by atoms with Crippen LogP contribution < -0.4 is 0 Å². The molecule has 1 nitrogen and oxygen atoms in total. The highest BCUT2D eigenvalue weighted by Gasteiger charge is 2.09. The van der Waals surface area contributed by atoms with Gasteiger partial charge >= 0.3 is 0 Å². The molecule has 2 aromatic carbocycles. The number of hydrogen-bond donors (Lipinski definition) is 0. The van der Waals surface area contributed by atoms with Crippen LogP contribution in [0.2, 0.25) is 0 Å². The molecular weight excluding hydrogens is 270 g/mol. The fourth-order valence-corrected chi connectivity index (χ4v) is 2.61. The van der Waals surface area contributed by atoms with Gasteiger partial charge in [-0.2, -0.15) is 0 Å². The van der Waals surface area contributed by atoms with Crippen molar-refractivity contribution in [1.82, 2.24) is 0 Å². The van der Waals surface area contributed by atoms with E-state index in [9.17, 15) is 0 Å². The number of nitrogens with zero attached hydrogens (tertiary/aromatic N) is 1. The fraction of sp³-hybridized carbons (Fsp3) is 0.125. The Hall–Kier alpha value is -1.58. The van der Waals surface area contributed by atoms with Crippen molar-refractivity contribution in [2.45, 2.75) is 0 Å². The third-order valence-electron chi connectivity index (χ3n) is 2.91. The minimum Gasteiger partial charge on any atom is -0.422 e. The minimum absolute atomic E-state index is 0.498. The van der Waals surface area contributed by atoms with Crippen molar-refractivity contribution < 1.29 is 4.58 Å². The van der Waals surface area contributed by atoms with Crippen LogP contribution in [0.25, 0.3) is 11.1 Å². The van der Waals surface area contributed by atoms with Crippen LogP contribution >= 0.6 is 12.2 Å². The first-order chi connectivity index (χ1) is 9.09. The van der Waals surface area contributed by atoms with Gasteiger partial charge < -0.3 is 24.8 Å². The molecule has 0 aliphatic carbocycles. The van der Waals surface area contributed by atoms with Crippen molar-refractivity contribution in [3.8, 4) is 11.1 Å². The molecule has 0 aliphatic heterocycles. The first kappa shape index (κ1) is 13.8. The summed E-state index contributed by atoms with van der Waals surface area (Å²) >= 11 is 10.3. The Balaban J connectivity index is 2.39. The average molecular weight is 285 g/mol. The molecule has 2 aromatic rings. The van der Waals surface area contributed by atoms with Crippen molar-refractivity contribution >= 4 is 34.8 Å². The predicted octanol–water partition coefficient (Wildman–Crippen LogP) is 3.29. The van der Waals surface area contributed by atoms with Crippen LogP contribution in [0.4, 0.5) is 0 Å². The number of thiocarbonyl (C=S) groups is 1. The Morgan fingerprint density at radius 2 is 1.42 bits per heavy atom. The number of rotatable bonds is 3. The Morgan fingerprint density at radius 3 is 1.89 bits per heavy atom. The zero-order valence-corrected chi connectivity index (χ0v) is 12.6. The monoisotopic (exact) mass is 285 g/mol. The lowest BCUT2D eigenvalue weighted by Crippen LogP contribution is -2.21. The molecule has 0 saturated heterocycles. The molecule has 3 heteroatoms. The molecule has 0 aromatic heterocycles. The van der Waals surface area contributed by atoms with E-state index in [1.165, 1.54) is 11.1 Å². The van der Waals surface area contributed by atoms with E-state index in [1.807, 2.05) is 36.9 Å². The van der Waals surface area contributed by atoms with Crippen molar-refractivity contribution in [3.63, 3.8) is 0 Å². The van der Waals surface area contributed by atoms with Crippen molar-refractivity contribution in [1.29, 1.82) is 0 Å². The van der Waals surface area contributed by atoms with Crippen molar-refractivity contribution in [2.24, 2.45) is 0 Å². The Kier molecular flexibility index (Phi) is 4.40. The van der Waals surface area contributed by atoms with Gasteiger partial charge in [-0.1, -0.05) is 46.7 Å². The summed E-state index contributed by atoms with van der Waals surface area (Å²) in [5, 5.41) is 0. The highest BCUT2D eigenvalue weighted by Crippen LogP contribution is 2.19. The normalized spacial score (nSPS) is 10.0. The summed E-state index contributed by atoms with van der Waals surface area (Å²) in [5.41, 5.74) is 4.38. The SMILES string of the molecule is C[N+](C)=C(C(=S)[S-])c1ccc(-c2ccccc2)cc1. The van der Waals surface area contributed by atoms with Gasteiger partial charge in [0.15, 0.2) is 5.71 Å². The lowest BCUT2D eigenvalue weighted by Gasteiger charge is -2.09. The molecule has 19 heavy (non-hydrogen) atoms. The van der Waals surface area contributed by atoms with E-state index in [-0.39, 0.29) is 0 Å². The van der Waals surface area contributed by atoms with Crippen LogP contribution in [0.3, 0.4) is 0 Å². The van der Waals surface area contributed by atoms with E-state index < -0.39 is 0 Å². The Bertz CT molecular complexity index is 609. The maximum atomic E-state index is 5.14. The highest BCUT2D eigenvalue weighted by molar-refractivity contribution is 8.03. The molecule has 0 unspecified atom stereocenters. The van der Waals surface area contributed by atoms with Gasteiger partial charge in [-0.15, -0.1) is 0 Å². The summed E-state index contributed by atoms with van der Waals surface area (Å²) in [6, 6.07) is 18.6. The van der Waals surface area contributed by atoms with Gasteiger partial charge in [0.2, 0.25) is 0 Å². The van der Waals surface area contributed by atoms with Crippen LogP contribution in [0.15, 0.2) is 54.6 Å². The smallest absolute Gasteiger partial charge is 0.194 e. The second kappa shape index (κ2) is 6.04. The van der Waals surface area contributed by atoms with Gasteiger partial charge in [0.25, 0.3) is 0 Å². The van der Waals surface area contributed by atoms with Gasteiger partial charge in [-0.05, 0) is 23.3 Å². The van der Waals surface area contributed by atoms with Crippen molar-refractivity contribution in [2.75, 3.05) is 14.1 Å². The second-order valence-corrected chi connectivity index (χ2v) is 5.55. The average Bonchev–Trinajstić information content (AvgIpc) is 2.40. The molecule has 0 N–H and O–H groups in total. The molecule has 0 fully saturated rings. The molecular formula is C16H15NS2. The third-order valence-corrected chi connectivity index (χ3v) is 3.29. The van der Waals surface area contributed by atoms with E-state index in [0.29, 0.717) is 4.20 Å². The van der Waals surface area contributed by atoms with E-state index in [4.69, 9.17) is 24.8 Å². The minimum atomic E-state index is 0.498. The van der Waals surface area contributed by atoms with Gasteiger partial charge in [0.05, 0.1) is 0 Å². The number of hydrogen-bond acceptors (Lipinski definition) is 2. The molecule has 0 aliphatic rings. The van der Waals surface area contributed by atoms with Crippen LogP contribution in [-0.4, -0.2) is 28.6 Å². The summed E-state index contributed by atoms with van der Waals surface area (Å²) < 4.78 is 2.46. The summed E-state index contributed by atoms with van der Waals surface area (Å²) in [6.45, 7) is 0. The first-order valence-corrected chi connectivity index (χ1v) is 6.82. The van der Waals surface area contributed by atoms with Crippen LogP contribution in [0.5, 0.6) is 0 Å². The lowest BCUT2D eigenvalue weighted by atomic mass is 10.0. The van der Waals surface area contributed by atoms with Gasteiger partial charge in [0, 0.05) is 5.56 Å². The van der Waals surface area contributed by atoms with Gasteiger partial charge in [0.1, 0.15) is 14.1 Å². The molecule has 2 rings (SSSR count). The summed E-state index contributed by atoms with van der Waals surface area (Å²) in [7, 11) is 3.91. The molecule has 0 radical (unpaired) electrons. The quantitative estimate of drug-likeness (QED) is 0.368. The number of benzene rings is 2. The summed E-state index contributed by atoms with van der Waals surface area (Å²) in [5.74, 6) is 0. The van der Waals surface area contributed by atoms with E-state index in [1.54, 1.807) is 0 Å². The Morgan fingerprint density at radius 1 is 0.895 bits per heavy atom. The largest absolute Gasteiger partial charge is 0.422 e. The van der Waals surface area contributed by atoms with E-state index >= 15 is 0 Å². The zero-order valence-electron chi connectivity index (χ0n) is 11.0. The molecule has 0 saturated carbocycles. The van der Waals surface area contributed by atoms with E-state index in [2.05, 4.69) is 36.4 Å². The Labute approximate surface area is 125 Å². The standard InChI is InChI=1S/C16H15NS2/c1-17(2)15(16(18)19)14-10-8-13(9-11-14)12-6-4-3-5-7-12/h3-11H,1-2H3. The van der Waals surface area contributed by atoms with Crippen molar-refractivity contribution in [3.05, 3.63) is 60.2 Å². The first-order valence-electron chi connectivity index (χ1n) is 6.01. The molecule has 0 atom stereocenters. The fourth-order valence-electron chi connectivity index (χ4n) is 2.01. The maximum absolute atomic E-state index is 5.14. The summed E-state index contributed by atoms with van der Waals surface area (Å²) in [6.07, 6.45) is 0.